The number of carboxylic acids is 1. The standard InChI is InChI=1S/C79H117N15O19/c1-43(2)37-53-42-83-57(31-33-61(80)97)66(103)64(101)46(5)85-72(109)60(39-52-41-82-56-26-22-21-25-55(52)56)90-73(110)59(38-51-27-29-54(96)30-28-51)89-71(108)58(32-34-62(98)99)91-75(112)78(12,40-44(3)95)35-23-19-17-15-14-16-18-20-24-36-79(13,92-70(53)107)76(113)88-50(9)68(105)84-45(4)63(100)65(102)47(6)93-94-77(10,11)74(111)87-49(8)69(106)86-48(7)67(81)104/h16,18,21-22,25-30,41,43,45-50,53,57-60,82-83,93-94,96H,14-15,17,19-20,23-24,31-40,42H2,1-13H3,(H2,80,97)(H2,81,104)(H,84,105)(H,85,109)(H,86,106)(H,87,111)(H,88,113)(H,89,108)(H,90,110)(H,91,112)(H,92,107)(H,98,99)/b18-16+/t45-,46?,47-,48+,49?,50?,53+,57-,58-,59?,60-,78-,79-/m0/s1. The molecule has 0 radical (unpaired) electrons. The minimum Gasteiger partial charge on any atom is -0.508 e. The number of phenols is 1. The summed E-state index contributed by atoms with van der Waals surface area (Å²) in [6.45, 7) is 18.3. The van der Waals surface area contributed by atoms with E-state index in [0.717, 1.165) is 0 Å². The van der Waals surface area contributed by atoms with Crippen molar-refractivity contribution in [1.82, 2.24) is 69.0 Å². The molecule has 19 N–H and O–H groups in total. The molecule has 2 aromatic carbocycles. The number of amides is 11. The number of nitrogens with one attached hydrogen (secondary N) is 13. The summed E-state index contributed by atoms with van der Waals surface area (Å²) in [4.78, 5) is 236. The summed E-state index contributed by atoms with van der Waals surface area (Å²) in [6, 6.07) is -1.58. The van der Waals surface area contributed by atoms with Gasteiger partial charge in [0, 0.05) is 55.7 Å². The number of phenolic OH excluding ortho intramolecular Hbond substituents is 1. The van der Waals surface area contributed by atoms with E-state index in [-0.39, 0.29) is 75.4 Å². The second kappa shape index (κ2) is 44.6. The lowest BCUT2D eigenvalue weighted by Gasteiger charge is -2.33. The molecule has 1 aliphatic heterocycles. The van der Waals surface area contributed by atoms with Gasteiger partial charge in [-0.1, -0.05) is 82.5 Å². The largest absolute Gasteiger partial charge is 0.508 e. The van der Waals surface area contributed by atoms with Crippen molar-refractivity contribution in [3.05, 3.63) is 78.0 Å². The van der Waals surface area contributed by atoms with Gasteiger partial charge in [-0.3, -0.25) is 81.5 Å². The smallest absolute Gasteiger partial charge is 0.303 e. The number of rotatable bonds is 29. The molecule has 13 atom stereocenters. The van der Waals surface area contributed by atoms with E-state index in [4.69, 9.17) is 11.5 Å². The maximum Gasteiger partial charge on any atom is 0.303 e. The number of hydrazine groups is 1. The van der Waals surface area contributed by atoms with Gasteiger partial charge in [-0.05, 0) is 162 Å². The molecular weight excluding hydrogens is 1460 g/mol. The zero-order valence-electron chi connectivity index (χ0n) is 67.0. The van der Waals surface area contributed by atoms with Gasteiger partial charge in [-0.2, -0.15) is 0 Å². The number of benzene rings is 2. The van der Waals surface area contributed by atoms with Crippen molar-refractivity contribution < 1.29 is 91.7 Å². The lowest BCUT2D eigenvalue weighted by atomic mass is 9.79. The third-order valence-corrected chi connectivity index (χ3v) is 19.7. The number of carboxylic acid groups (broad SMARTS) is 1. The second-order valence-corrected chi connectivity index (χ2v) is 30.9. The highest BCUT2D eigenvalue weighted by molar-refractivity contribution is 6.41. The van der Waals surface area contributed by atoms with Crippen molar-refractivity contribution in [2.45, 2.75) is 271 Å². The number of aromatic nitrogens is 1. The van der Waals surface area contributed by atoms with Crippen LogP contribution in [0.15, 0.2) is 66.9 Å². The first-order valence-corrected chi connectivity index (χ1v) is 38.3. The van der Waals surface area contributed by atoms with Crippen LogP contribution in [-0.4, -0.2) is 193 Å². The van der Waals surface area contributed by atoms with Crippen molar-refractivity contribution in [2.75, 3.05) is 6.54 Å². The number of aromatic amines is 1. The number of carbonyl (C=O) groups is 17. The molecule has 1 aliphatic rings. The van der Waals surface area contributed by atoms with E-state index < -0.39 is 196 Å². The highest BCUT2D eigenvalue weighted by Gasteiger charge is 2.42. The van der Waals surface area contributed by atoms with Crippen LogP contribution >= 0.6 is 0 Å². The normalized spacial score (nSPS) is 23.2. The summed E-state index contributed by atoms with van der Waals surface area (Å²) in [5.41, 5.74) is 12.9. The van der Waals surface area contributed by atoms with Crippen molar-refractivity contribution in [3.8, 4) is 5.75 Å². The van der Waals surface area contributed by atoms with Crippen molar-refractivity contribution in [3.63, 3.8) is 0 Å². The highest BCUT2D eigenvalue weighted by Crippen LogP contribution is 2.31. The lowest BCUT2D eigenvalue weighted by molar-refractivity contribution is -0.141. The van der Waals surface area contributed by atoms with E-state index in [9.17, 15) is 91.7 Å². The Bertz CT molecular complexity index is 3950. The van der Waals surface area contributed by atoms with Crippen molar-refractivity contribution in [2.24, 2.45) is 28.7 Å². The molecule has 0 bridgehead atoms. The molecule has 0 saturated heterocycles. The predicted octanol–water partition coefficient (Wildman–Crippen LogP) is 1.35. The fraction of sp³-hybridized carbons (Fsp3) is 0.582. The quantitative estimate of drug-likeness (QED) is 0.0265. The van der Waals surface area contributed by atoms with E-state index in [2.05, 4.69) is 69.0 Å². The Balaban J connectivity index is 1.71. The van der Waals surface area contributed by atoms with Gasteiger partial charge in [0.1, 0.15) is 58.9 Å². The SMILES string of the molecule is CC(=O)C[C@]1(C)CCCCCC/C=C/CCC[C@@](C)(C(=O)NC(C)C(=O)N[C@@H](C)C(=O)C(=O)[C@H](C)NNC(C)(C)C(=O)NC(C)C(=O)N[C@H](C)C(N)=O)NC(=O)[C@H](CC(C)C)CN[C@@H](CCC(N)=O)C(=O)C(=O)C(C)NC(=O)[C@H](Cc2c[nH]c3ccccc23)NC(=O)C(Cc2ccc(O)cc2)NC(=O)[C@H](CCC(=O)O)NC1=O. The van der Waals surface area contributed by atoms with Crippen LogP contribution in [-0.2, 0) is 94.3 Å². The molecule has 3 aromatic rings. The molecule has 622 valence electrons. The number of hydrogen-bond acceptors (Lipinski definition) is 21. The highest BCUT2D eigenvalue weighted by atomic mass is 16.4. The summed E-state index contributed by atoms with van der Waals surface area (Å²) in [5, 5.41) is 47.1. The lowest BCUT2D eigenvalue weighted by Crippen LogP contribution is -2.63. The topological polar surface area (TPSA) is 543 Å². The summed E-state index contributed by atoms with van der Waals surface area (Å²) in [7, 11) is 0. The molecule has 1 aromatic heterocycles. The number of nitrogens with two attached hydrogens (primary N) is 2. The zero-order chi connectivity index (χ0) is 84.8. The molecule has 0 saturated carbocycles. The average Bonchev–Trinajstić information content (AvgIpc) is 1.20. The number of H-pyrrole nitrogens is 1. The number of primary amides is 2. The van der Waals surface area contributed by atoms with Gasteiger partial charge < -0.3 is 79.8 Å². The van der Waals surface area contributed by atoms with Crippen LogP contribution in [0.1, 0.15) is 197 Å². The molecule has 4 unspecified atom stereocenters. The monoisotopic (exact) mass is 1580 g/mol. The van der Waals surface area contributed by atoms with Crippen molar-refractivity contribution in [1.29, 1.82) is 0 Å². The number of para-hydroxylation sites is 1. The molecule has 0 spiro atoms. The first-order chi connectivity index (χ1) is 52.9. The minimum absolute atomic E-state index is 0.0292. The van der Waals surface area contributed by atoms with Crippen LogP contribution < -0.4 is 75.5 Å². The Labute approximate surface area is 658 Å². The third kappa shape index (κ3) is 30.8. The Kier molecular flexibility index (Phi) is 37.4. The number of ketones is 5. The van der Waals surface area contributed by atoms with Gasteiger partial charge in [0.15, 0.2) is 0 Å². The molecule has 0 fully saturated rings. The molecule has 0 aliphatic carbocycles. The van der Waals surface area contributed by atoms with E-state index >= 15 is 0 Å². The molecule has 4 rings (SSSR count). The number of aromatic hydroxyl groups is 1. The number of Topliss-reactive ketones (excluding diaryl/α,β-unsaturated/α-hetero) is 5. The maximum atomic E-state index is 15.0. The van der Waals surface area contributed by atoms with Crippen LogP contribution in [0.2, 0.25) is 0 Å². The number of allylic oxidation sites excluding steroid dienone is 2. The van der Waals surface area contributed by atoms with Crippen LogP contribution in [0, 0.1) is 17.3 Å². The Morgan fingerprint density at radius 3 is 1.79 bits per heavy atom. The first kappa shape index (κ1) is 94.8. The average molecular weight is 1580 g/mol. The predicted molar refractivity (Wildman–Crippen MR) is 417 cm³/mol. The third-order valence-electron chi connectivity index (χ3n) is 19.7. The van der Waals surface area contributed by atoms with Crippen molar-refractivity contribution >= 4 is 111 Å². The zero-order valence-corrected chi connectivity index (χ0v) is 67.0. The van der Waals surface area contributed by atoms with Gasteiger partial charge in [0.2, 0.25) is 88.1 Å². The molecule has 2 heterocycles. The summed E-state index contributed by atoms with van der Waals surface area (Å²) < 4.78 is 0. The number of aliphatic carboxylic acids is 1. The van der Waals surface area contributed by atoms with E-state index in [0.29, 0.717) is 60.6 Å². The van der Waals surface area contributed by atoms with Crippen LogP contribution in [0.5, 0.6) is 5.75 Å². The Hall–Kier alpha value is -10.6. The van der Waals surface area contributed by atoms with E-state index in [1.165, 1.54) is 93.5 Å². The summed E-state index contributed by atoms with van der Waals surface area (Å²) in [6.07, 6.45) is 6.74. The van der Waals surface area contributed by atoms with Gasteiger partial charge in [0.05, 0.1) is 35.5 Å². The number of carbonyl (C=O) groups excluding carboxylic acids is 16. The summed E-state index contributed by atoms with van der Waals surface area (Å²) in [5.74, 6) is -16.7. The fourth-order valence-corrected chi connectivity index (χ4v) is 12.6. The second-order valence-electron chi connectivity index (χ2n) is 30.9. The number of hydrogen-bond donors (Lipinski definition) is 17. The molecule has 34 nitrogen and oxygen atoms in total. The van der Waals surface area contributed by atoms with Gasteiger partial charge in [-0.25, -0.2) is 10.9 Å². The molecule has 113 heavy (non-hydrogen) atoms. The maximum absolute atomic E-state index is 15.0. The Morgan fingerprint density at radius 1 is 0.611 bits per heavy atom. The van der Waals surface area contributed by atoms with Gasteiger partial charge in [-0.15, -0.1) is 0 Å². The van der Waals surface area contributed by atoms with Crippen LogP contribution in [0.25, 0.3) is 10.9 Å². The van der Waals surface area contributed by atoms with E-state index in [1.54, 1.807) is 37.4 Å². The Morgan fingerprint density at radius 2 is 1.18 bits per heavy atom. The van der Waals surface area contributed by atoms with E-state index in [1.807, 2.05) is 26.0 Å². The minimum atomic E-state index is -1.79. The van der Waals surface area contributed by atoms with Gasteiger partial charge in [0.25, 0.3) is 0 Å². The van der Waals surface area contributed by atoms with Crippen LogP contribution in [0.4, 0.5) is 0 Å². The van der Waals surface area contributed by atoms with Crippen LogP contribution in [0.3, 0.4) is 0 Å². The van der Waals surface area contributed by atoms with Gasteiger partial charge >= 0.3 is 5.97 Å². The summed E-state index contributed by atoms with van der Waals surface area (Å²) >= 11 is 0. The molecular formula is C79H117N15O19. The molecule has 11 amide bonds. The molecule has 34 heteroatoms. The first-order valence-electron chi connectivity index (χ1n) is 38.3. The fourth-order valence-electron chi connectivity index (χ4n) is 12.6. The number of fused-ring (bicyclic) bond motifs is 1.